The van der Waals surface area contributed by atoms with Gasteiger partial charge >= 0.3 is 5.97 Å². The topological polar surface area (TPSA) is 114 Å². The van der Waals surface area contributed by atoms with Gasteiger partial charge in [0.1, 0.15) is 5.76 Å². The first kappa shape index (κ1) is 27.2. The number of methoxy groups -OCH3 is 1. The fourth-order valence-corrected chi connectivity index (χ4v) is 1.69. The molecule has 0 aliphatic heterocycles. The van der Waals surface area contributed by atoms with E-state index in [2.05, 4.69) is 46.4 Å². The normalized spacial score (nSPS) is 14.9. The van der Waals surface area contributed by atoms with Crippen LogP contribution in [0.4, 0.5) is 0 Å². The molecule has 27 heavy (non-hydrogen) atoms. The third-order valence-corrected chi connectivity index (χ3v) is 3.33. The Labute approximate surface area is 166 Å². The zero-order chi connectivity index (χ0) is 21.1. The van der Waals surface area contributed by atoms with Crippen LogP contribution < -0.4 is 5.32 Å². The van der Waals surface area contributed by atoms with Gasteiger partial charge in [0.15, 0.2) is 9.03 Å². The van der Waals surface area contributed by atoms with Crippen LogP contribution in [0.3, 0.4) is 0 Å². The molecule has 0 bridgehead atoms. The summed E-state index contributed by atoms with van der Waals surface area (Å²) in [6.07, 6.45) is 8.98. The summed E-state index contributed by atoms with van der Waals surface area (Å²) in [5, 5.41) is 9.97. The number of esters is 1. The molecular formula is C17H26NO7PS. The van der Waals surface area contributed by atoms with Crippen molar-refractivity contribution in [2.75, 3.05) is 20.3 Å². The molecule has 0 saturated heterocycles. The second-order valence-electron chi connectivity index (χ2n) is 4.71. The molecule has 0 aromatic carbocycles. The van der Waals surface area contributed by atoms with Gasteiger partial charge in [0, 0.05) is 12.6 Å². The lowest BCUT2D eigenvalue weighted by Crippen LogP contribution is -2.25. The van der Waals surface area contributed by atoms with Gasteiger partial charge in [0.2, 0.25) is 0 Å². The minimum atomic E-state index is -0.462. The molecule has 1 aliphatic carbocycles. The first-order valence-electron chi connectivity index (χ1n) is 7.68. The van der Waals surface area contributed by atoms with Crippen LogP contribution in [0, 0.1) is 5.92 Å². The number of carboxylic acid groups (broad SMARTS) is 1. The van der Waals surface area contributed by atoms with Gasteiger partial charge in [0.05, 0.1) is 13.7 Å². The fraction of sp³-hybridized carbons (Fsp3) is 0.353. The summed E-state index contributed by atoms with van der Waals surface area (Å²) in [6.45, 7) is 8.06. The average molecular weight is 419 g/mol. The zero-order valence-corrected chi connectivity index (χ0v) is 17.3. The Morgan fingerprint density at radius 1 is 1.44 bits per heavy atom. The lowest BCUT2D eigenvalue weighted by molar-refractivity contribution is -0.133. The second-order valence-corrected chi connectivity index (χ2v) is 5.56. The van der Waals surface area contributed by atoms with E-state index in [1.165, 1.54) is 7.11 Å². The van der Waals surface area contributed by atoms with Crippen LogP contribution in [-0.4, -0.2) is 47.9 Å². The van der Waals surface area contributed by atoms with Crippen molar-refractivity contribution in [3.63, 3.8) is 0 Å². The molecule has 2 unspecified atom stereocenters. The first-order valence-corrected chi connectivity index (χ1v) is 8.94. The molecule has 0 saturated carbocycles. The van der Waals surface area contributed by atoms with E-state index in [0.717, 1.165) is 11.6 Å². The van der Waals surface area contributed by atoms with Gasteiger partial charge < -0.3 is 29.3 Å². The predicted octanol–water partition coefficient (Wildman–Crippen LogP) is 2.48. The van der Waals surface area contributed by atoms with E-state index in [-0.39, 0.29) is 6.47 Å². The van der Waals surface area contributed by atoms with Crippen LogP contribution in [0.2, 0.25) is 0 Å². The average Bonchev–Trinajstić information content (AvgIpc) is 2.81. The van der Waals surface area contributed by atoms with E-state index in [4.69, 9.17) is 19.5 Å². The predicted molar refractivity (Wildman–Crippen MR) is 109 cm³/mol. The van der Waals surface area contributed by atoms with Gasteiger partial charge in [-0.3, -0.25) is 4.79 Å². The monoisotopic (exact) mass is 419 g/mol. The largest absolute Gasteiger partial charge is 0.483 e. The Balaban J connectivity index is 0. The molecule has 1 rings (SSSR count). The molecule has 0 heterocycles. The van der Waals surface area contributed by atoms with E-state index in [1.807, 2.05) is 25.2 Å². The molecule has 0 radical (unpaired) electrons. The highest BCUT2D eigenvalue weighted by atomic mass is 32.1. The van der Waals surface area contributed by atoms with Crippen molar-refractivity contribution >= 4 is 38.9 Å². The zero-order valence-electron chi connectivity index (χ0n) is 15.5. The molecule has 1 aliphatic rings. The Morgan fingerprint density at radius 2 is 2.04 bits per heavy atom. The summed E-state index contributed by atoms with van der Waals surface area (Å²) in [6, 6.07) is 0. The molecule has 2 atom stereocenters. The summed E-state index contributed by atoms with van der Waals surface area (Å²) in [5.41, 5.74) is 0.945. The standard InChI is InChI=1S/C12H14O2.C4H10NO3PS.CH2O2/c1-4-12(13)14-11-8-6-9(2)5-7-10(11)3;1-7-4(10)5-2-3-8-9-6;2-1-3/h4-9H,1H2,2-3H3;6,9H,2-3H2,1H3,(H,5,10);1H,(H,2,3). The van der Waals surface area contributed by atoms with Crippen molar-refractivity contribution in [3.8, 4) is 0 Å². The van der Waals surface area contributed by atoms with E-state index in [0.29, 0.717) is 30.0 Å². The lowest BCUT2D eigenvalue weighted by Gasteiger charge is -2.04. The molecule has 10 heteroatoms. The highest BCUT2D eigenvalue weighted by Crippen LogP contribution is 2.16. The summed E-state index contributed by atoms with van der Waals surface area (Å²) in [5.74, 6) is 0.535. The Morgan fingerprint density at radius 3 is 2.56 bits per heavy atom. The van der Waals surface area contributed by atoms with Crippen LogP contribution in [-0.2, 0) is 23.6 Å². The van der Waals surface area contributed by atoms with Crippen molar-refractivity contribution in [1.82, 2.24) is 5.32 Å². The highest BCUT2D eigenvalue weighted by Gasteiger charge is 2.06. The SMILES string of the molecule is C=CC(=O)OC1=C(C)C=CC(C)C=C1.COC(=S)NCCOPO.O=CO. The van der Waals surface area contributed by atoms with Gasteiger partial charge in [-0.15, -0.1) is 0 Å². The quantitative estimate of drug-likeness (QED) is 0.149. The van der Waals surface area contributed by atoms with E-state index < -0.39 is 15.0 Å². The number of ether oxygens (including phenoxy) is 2. The van der Waals surface area contributed by atoms with E-state index >= 15 is 0 Å². The molecule has 0 amide bonds. The Kier molecular flexibility index (Phi) is 18.8. The number of thiocarbonyl (C=S) groups is 1. The molecule has 0 aromatic heterocycles. The van der Waals surface area contributed by atoms with Crippen LogP contribution in [0.5, 0.6) is 0 Å². The highest BCUT2D eigenvalue weighted by molar-refractivity contribution is 7.80. The Bertz CT molecular complexity index is 561. The molecule has 8 nitrogen and oxygen atoms in total. The summed E-state index contributed by atoms with van der Waals surface area (Å²) >= 11 is 4.66. The van der Waals surface area contributed by atoms with Crippen molar-refractivity contribution < 1.29 is 33.6 Å². The van der Waals surface area contributed by atoms with E-state index in [1.54, 1.807) is 0 Å². The number of allylic oxidation sites excluding steroid dienone is 5. The van der Waals surface area contributed by atoms with Gasteiger partial charge in [-0.05, 0) is 36.7 Å². The number of carbonyl (C=O) groups is 2. The number of carbonyl (C=O) groups excluding carboxylic acids is 1. The second kappa shape index (κ2) is 18.7. The Hall–Kier alpha value is -2.06. The van der Waals surface area contributed by atoms with Crippen molar-refractivity contribution in [1.29, 1.82) is 0 Å². The number of hydrogen-bond acceptors (Lipinski definition) is 7. The summed E-state index contributed by atoms with van der Waals surface area (Å²) in [7, 11) is 1.03. The smallest absolute Gasteiger partial charge is 0.335 e. The maximum Gasteiger partial charge on any atom is 0.335 e. The van der Waals surface area contributed by atoms with Gasteiger partial charge in [-0.1, -0.05) is 31.7 Å². The van der Waals surface area contributed by atoms with Crippen molar-refractivity contribution in [2.45, 2.75) is 13.8 Å². The molecule has 152 valence electrons. The first-order chi connectivity index (χ1) is 12.9. The lowest BCUT2D eigenvalue weighted by atomic mass is 10.1. The third kappa shape index (κ3) is 17.1. The van der Waals surface area contributed by atoms with E-state index in [9.17, 15) is 4.79 Å². The minimum absolute atomic E-state index is 0.250. The van der Waals surface area contributed by atoms with Crippen molar-refractivity contribution in [3.05, 3.63) is 48.3 Å². The fourth-order valence-electron chi connectivity index (χ4n) is 1.40. The molecule has 0 aromatic rings. The van der Waals surface area contributed by atoms with Gasteiger partial charge in [0.25, 0.3) is 11.6 Å². The van der Waals surface area contributed by atoms with Crippen LogP contribution in [0.1, 0.15) is 13.8 Å². The number of hydrogen-bond donors (Lipinski definition) is 3. The van der Waals surface area contributed by atoms with Gasteiger partial charge in [-0.2, -0.15) is 0 Å². The molecule has 3 N–H and O–H groups in total. The third-order valence-electron chi connectivity index (χ3n) is 2.69. The summed E-state index contributed by atoms with van der Waals surface area (Å²) in [4.78, 5) is 27.6. The van der Waals surface area contributed by atoms with Crippen LogP contribution in [0.25, 0.3) is 0 Å². The maximum absolute atomic E-state index is 11.0. The minimum Gasteiger partial charge on any atom is -0.483 e. The molecular weight excluding hydrogens is 393 g/mol. The molecule has 0 spiro atoms. The van der Waals surface area contributed by atoms with Gasteiger partial charge in [-0.25, -0.2) is 4.79 Å². The number of nitrogens with one attached hydrogen (secondary N) is 1. The maximum atomic E-state index is 11.0. The molecule has 0 fully saturated rings. The number of rotatable bonds is 6. The van der Waals surface area contributed by atoms with Crippen molar-refractivity contribution in [2.24, 2.45) is 5.92 Å². The van der Waals surface area contributed by atoms with Crippen LogP contribution in [0.15, 0.2) is 48.3 Å². The van der Waals surface area contributed by atoms with Crippen LogP contribution >= 0.6 is 21.3 Å². The summed E-state index contributed by atoms with van der Waals surface area (Å²) < 4.78 is 14.3.